The van der Waals surface area contributed by atoms with E-state index in [1.165, 1.54) is 12.2 Å². The van der Waals surface area contributed by atoms with Crippen molar-refractivity contribution in [2.24, 2.45) is 0 Å². The fraction of sp³-hybridized carbons (Fsp3) is 0.214. The molecule has 0 saturated heterocycles. The Balaban J connectivity index is 2.69. The fourth-order valence-corrected chi connectivity index (χ4v) is 1.17. The van der Waals surface area contributed by atoms with E-state index in [0.29, 0.717) is 12.4 Å². The van der Waals surface area contributed by atoms with Crippen LogP contribution in [0.1, 0.15) is 12.5 Å². The van der Waals surface area contributed by atoms with E-state index >= 15 is 0 Å². The zero-order valence-electron chi connectivity index (χ0n) is 9.90. The minimum absolute atomic E-state index is 0.364. The summed E-state index contributed by atoms with van der Waals surface area (Å²) in [5, 5.41) is 0. The fourth-order valence-electron chi connectivity index (χ4n) is 1.17. The zero-order chi connectivity index (χ0) is 12.5. The quantitative estimate of drug-likeness (QED) is 0.453. The number of allylic oxidation sites excluding steroid dienone is 1. The monoisotopic (exact) mass is 230 g/mol. The molecule has 0 aliphatic carbocycles. The van der Waals surface area contributed by atoms with Gasteiger partial charge in [0.25, 0.3) is 0 Å². The number of ether oxygens (including phenoxy) is 2. The van der Waals surface area contributed by atoms with Crippen LogP contribution < -0.4 is 4.74 Å². The Labute approximate surface area is 101 Å². The molecule has 0 heterocycles. The minimum Gasteiger partial charge on any atom is -0.495 e. The summed E-state index contributed by atoms with van der Waals surface area (Å²) in [5.41, 5.74) is 0.781. The molecular weight excluding hydrogens is 216 g/mol. The lowest BCUT2D eigenvalue weighted by Gasteiger charge is -2.00. The molecule has 0 unspecified atom stereocenters. The maximum absolute atomic E-state index is 11.0. The van der Waals surface area contributed by atoms with Gasteiger partial charge in [0.1, 0.15) is 5.75 Å². The lowest BCUT2D eigenvalue weighted by atomic mass is 10.2. The summed E-state index contributed by atoms with van der Waals surface area (Å²) < 4.78 is 9.86. The Hall–Kier alpha value is -2.21. The van der Waals surface area contributed by atoms with Crippen molar-refractivity contribution in [1.82, 2.24) is 0 Å². The van der Waals surface area contributed by atoms with Crippen LogP contribution in [0.3, 0.4) is 0 Å². The molecule has 88 valence electrons. The third-order valence-electron chi connectivity index (χ3n) is 1.90. The number of hydrogen-bond donors (Lipinski definition) is 0. The van der Waals surface area contributed by atoms with E-state index in [9.17, 15) is 4.79 Å². The number of para-hydroxylation sites is 1. The Morgan fingerprint density at radius 1 is 1.41 bits per heavy atom. The molecule has 0 fully saturated rings. The number of esters is 1. The summed E-state index contributed by atoms with van der Waals surface area (Å²) in [7, 11) is 1.59. The van der Waals surface area contributed by atoms with E-state index in [1.807, 2.05) is 24.3 Å². The third-order valence-corrected chi connectivity index (χ3v) is 1.90. The second-order valence-electron chi connectivity index (χ2n) is 3.06. The van der Waals surface area contributed by atoms with Crippen molar-refractivity contribution in [3.8, 4) is 17.6 Å². The first-order valence-corrected chi connectivity index (χ1v) is 5.25. The van der Waals surface area contributed by atoms with Crippen molar-refractivity contribution in [3.05, 3.63) is 42.0 Å². The van der Waals surface area contributed by atoms with Crippen LogP contribution in [-0.2, 0) is 9.53 Å². The smallest absolute Gasteiger partial charge is 0.331 e. The molecule has 0 saturated carbocycles. The molecule has 1 aromatic rings. The second kappa shape index (κ2) is 7.13. The number of carbonyl (C=O) groups excluding carboxylic acids is 1. The summed E-state index contributed by atoms with van der Waals surface area (Å²) in [6.45, 7) is 2.12. The molecule has 1 rings (SSSR count). The van der Waals surface area contributed by atoms with Gasteiger partial charge in [-0.1, -0.05) is 24.0 Å². The number of rotatable bonds is 3. The van der Waals surface area contributed by atoms with Crippen molar-refractivity contribution >= 4 is 5.97 Å². The molecule has 3 heteroatoms. The second-order valence-corrected chi connectivity index (χ2v) is 3.06. The normalized spacial score (nSPS) is 9.53. The SMILES string of the molecule is CCOC(=O)C=CC#Cc1ccccc1OC. The van der Waals surface area contributed by atoms with Gasteiger partial charge in [-0.2, -0.15) is 0 Å². The Morgan fingerprint density at radius 2 is 2.18 bits per heavy atom. The third kappa shape index (κ3) is 4.43. The van der Waals surface area contributed by atoms with Crippen molar-refractivity contribution in [1.29, 1.82) is 0 Å². The van der Waals surface area contributed by atoms with Crippen LogP contribution in [0, 0.1) is 11.8 Å². The van der Waals surface area contributed by atoms with E-state index in [0.717, 1.165) is 5.56 Å². The topological polar surface area (TPSA) is 35.5 Å². The first kappa shape index (κ1) is 12.9. The van der Waals surface area contributed by atoms with Gasteiger partial charge in [0.15, 0.2) is 0 Å². The first-order valence-electron chi connectivity index (χ1n) is 5.25. The molecule has 3 nitrogen and oxygen atoms in total. The van der Waals surface area contributed by atoms with Crippen molar-refractivity contribution in [2.75, 3.05) is 13.7 Å². The summed E-state index contributed by atoms with van der Waals surface area (Å²) in [6, 6.07) is 7.43. The molecule has 0 atom stereocenters. The number of benzene rings is 1. The molecule has 0 aromatic heterocycles. The maximum atomic E-state index is 11.0. The lowest BCUT2D eigenvalue weighted by molar-refractivity contribution is -0.137. The van der Waals surface area contributed by atoms with Gasteiger partial charge >= 0.3 is 5.97 Å². The molecule has 17 heavy (non-hydrogen) atoms. The van der Waals surface area contributed by atoms with Crippen LogP contribution in [0.4, 0.5) is 0 Å². The average molecular weight is 230 g/mol. The van der Waals surface area contributed by atoms with Gasteiger partial charge in [-0.25, -0.2) is 4.79 Å². The van der Waals surface area contributed by atoms with Gasteiger partial charge in [0.05, 0.1) is 19.3 Å². The summed E-state index contributed by atoms with van der Waals surface area (Å²) in [6.07, 6.45) is 2.76. The van der Waals surface area contributed by atoms with E-state index in [-0.39, 0.29) is 5.97 Å². The van der Waals surface area contributed by atoms with E-state index in [1.54, 1.807) is 14.0 Å². The number of carbonyl (C=O) groups is 1. The number of methoxy groups -OCH3 is 1. The molecule has 0 radical (unpaired) electrons. The van der Waals surface area contributed by atoms with Crippen LogP contribution in [-0.4, -0.2) is 19.7 Å². The molecule has 0 amide bonds. The van der Waals surface area contributed by atoms with Crippen molar-refractivity contribution < 1.29 is 14.3 Å². The van der Waals surface area contributed by atoms with Gasteiger partial charge in [0, 0.05) is 6.08 Å². The highest BCUT2D eigenvalue weighted by molar-refractivity contribution is 5.82. The highest BCUT2D eigenvalue weighted by Crippen LogP contribution is 2.15. The van der Waals surface area contributed by atoms with Gasteiger partial charge in [-0.05, 0) is 25.1 Å². The van der Waals surface area contributed by atoms with E-state index in [4.69, 9.17) is 9.47 Å². The average Bonchev–Trinajstić information content (AvgIpc) is 2.35. The molecule has 0 bridgehead atoms. The Bertz CT molecular complexity index is 464. The Kier molecular flexibility index (Phi) is 5.39. The molecule has 0 spiro atoms. The van der Waals surface area contributed by atoms with Gasteiger partial charge in [-0.15, -0.1) is 0 Å². The summed E-state index contributed by atoms with van der Waals surface area (Å²) >= 11 is 0. The van der Waals surface area contributed by atoms with Crippen LogP contribution in [0.25, 0.3) is 0 Å². The minimum atomic E-state index is -0.387. The van der Waals surface area contributed by atoms with E-state index < -0.39 is 0 Å². The summed E-state index contributed by atoms with van der Waals surface area (Å²) in [4.78, 5) is 11.0. The molecule has 0 aliphatic rings. The van der Waals surface area contributed by atoms with Crippen LogP contribution in [0.5, 0.6) is 5.75 Å². The highest BCUT2D eigenvalue weighted by Gasteiger charge is 1.95. The van der Waals surface area contributed by atoms with Crippen LogP contribution >= 0.6 is 0 Å². The predicted octanol–water partition coefficient (Wildman–Crippen LogP) is 2.17. The highest BCUT2D eigenvalue weighted by atomic mass is 16.5. The first-order chi connectivity index (χ1) is 8.27. The van der Waals surface area contributed by atoms with Gasteiger partial charge in [0.2, 0.25) is 0 Å². The standard InChI is InChI=1S/C14H14O3/c1-3-17-14(15)11-7-5-9-12-8-4-6-10-13(12)16-2/h4,6-8,10-11H,3H2,1-2H3. The zero-order valence-corrected chi connectivity index (χ0v) is 9.90. The molecular formula is C14H14O3. The number of hydrogen-bond acceptors (Lipinski definition) is 3. The predicted molar refractivity (Wildman–Crippen MR) is 65.6 cm³/mol. The van der Waals surface area contributed by atoms with Gasteiger partial charge < -0.3 is 9.47 Å². The largest absolute Gasteiger partial charge is 0.495 e. The Morgan fingerprint density at radius 3 is 2.88 bits per heavy atom. The lowest BCUT2D eigenvalue weighted by Crippen LogP contribution is -1.98. The van der Waals surface area contributed by atoms with Gasteiger partial charge in [-0.3, -0.25) is 0 Å². The van der Waals surface area contributed by atoms with E-state index in [2.05, 4.69) is 11.8 Å². The summed E-state index contributed by atoms with van der Waals surface area (Å²) in [5.74, 6) is 5.97. The van der Waals surface area contributed by atoms with Crippen LogP contribution in [0.15, 0.2) is 36.4 Å². The molecule has 0 aliphatic heterocycles. The molecule has 1 aromatic carbocycles. The van der Waals surface area contributed by atoms with Crippen molar-refractivity contribution in [3.63, 3.8) is 0 Å². The maximum Gasteiger partial charge on any atom is 0.331 e. The van der Waals surface area contributed by atoms with Crippen molar-refractivity contribution in [2.45, 2.75) is 6.92 Å². The molecule has 0 N–H and O–H groups in total. The van der Waals surface area contributed by atoms with Crippen LogP contribution in [0.2, 0.25) is 0 Å².